The van der Waals surface area contributed by atoms with Crippen LogP contribution in [0, 0.1) is 0 Å². The highest BCUT2D eigenvalue weighted by molar-refractivity contribution is 7.07. The predicted octanol–water partition coefficient (Wildman–Crippen LogP) is 3.69. The quantitative estimate of drug-likeness (QED) is 0.794. The summed E-state index contributed by atoms with van der Waals surface area (Å²) in [4.78, 5) is 4.06. The second-order valence-corrected chi connectivity index (χ2v) is 5.60. The zero-order chi connectivity index (χ0) is 13.3. The highest BCUT2D eigenvalue weighted by Crippen LogP contribution is 2.13. The summed E-state index contributed by atoms with van der Waals surface area (Å²) in [6, 6.07) is 7.07. The summed E-state index contributed by atoms with van der Waals surface area (Å²) >= 11 is 1.79. The lowest BCUT2D eigenvalue weighted by atomic mass is 10.0. The molecule has 2 aromatic rings. The summed E-state index contributed by atoms with van der Waals surface area (Å²) in [7, 11) is 0. The van der Waals surface area contributed by atoms with Crippen LogP contribution in [0.5, 0.6) is 0 Å². The first-order chi connectivity index (χ1) is 9.38. The van der Waals surface area contributed by atoms with Gasteiger partial charge >= 0.3 is 0 Å². The van der Waals surface area contributed by atoms with Crippen LogP contribution in [0.1, 0.15) is 30.9 Å². The Morgan fingerprint density at radius 3 is 2.47 bits per heavy atom. The highest BCUT2D eigenvalue weighted by Gasteiger charge is 2.08. The molecule has 102 valence electrons. The zero-order valence-corrected chi connectivity index (χ0v) is 12.3. The molecule has 0 aliphatic carbocycles. The minimum Gasteiger partial charge on any atom is -0.314 e. The van der Waals surface area contributed by atoms with Gasteiger partial charge in [-0.15, -0.1) is 0 Å². The first kappa shape index (κ1) is 14.2. The third-order valence-corrected chi connectivity index (χ3v) is 4.12. The van der Waals surface area contributed by atoms with Gasteiger partial charge in [-0.1, -0.05) is 6.92 Å². The van der Waals surface area contributed by atoms with Crippen LogP contribution in [0.2, 0.25) is 0 Å². The number of pyridine rings is 1. The van der Waals surface area contributed by atoms with Crippen molar-refractivity contribution in [1.29, 1.82) is 0 Å². The Morgan fingerprint density at radius 1 is 1.11 bits per heavy atom. The van der Waals surface area contributed by atoms with Crippen LogP contribution < -0.4 is 5.32 Å². The van der Waals surface area contributed by atoms with Crippen molar-refractivity contribution < 1.29 is 0 Å². The number of hydrogen-bond donors (Lipinski definition) is 1. The predicted molar refractivity (Wildman–Crippen MR) is 82.7 cm³/mol. The number of aryl methyl sites for hydroxylation is 2. The van der Waals surface area contributed by atoms with E-state index in [-0.39, 0.29) is 0 Å². The van der Waals surface area contributed by atoms with Gasteiger partial charge in [0.25, 0.3) is 0 Å². The molecule has 0 saturated heterocycles. The van der Waals surface area contributed by atoms with Crippen LogP contribution in [-0.2, 0) is 12.8 Å². The van der Waals surface area contributed by atoms with Crippen LogP contribution in [0.15, 0.2) is 41.4 Å². The Kier molecular flexibility index (Phi) is 6.05. The third kappa shape index (κ3) is 5.13. The summed E-state index contributed by atoms with van der Waals surface area (Å²) in [5.41, 5.74) is 2.85. The van der Waals surface area contributed by atoms with Crippen molar-refractivity contribution in [3.05, 3.63) is 52.5 Å². The van der Waals surface area contributed by atoms with Gasteiger partial charge in [0.15, 0.2) is 0 Å². The Balaban J connectivity index is 1.78. The van der Waals surface area contributed by atoms with Crippen molar-refractivity contribution in [2.45, 2.75) is 38.6 Å². The second-order valence-electron chi connectivity index (χ2n) is 4.82. The van der Waals surface area contributed by atoms with E-state index >= 15 is 0 Å². The Hall–Kier alpha value is -1.19. The standard InChI is InChI=1S/C16H22N2S/c1-2-18-16(6-4-15-9-12-19-13-15)5-3-14-7-10-17-11-8-14/h7-13,16,18H,2-6H2,1H3. The molecule has 0 spiro atoms. The van der Waals surface area contributed by atoms with Crippen molar-refractivity contribution in [2.24, 2.45) is 0 Å². The maximum absolute atomic E-state index is 4.06. The number of nitrogens with zero attached hydrogens (tertiary/aromatic N) is 1. The molecular weight excluding hydrogens is 252 g/mol. The van der Waals surface area contributed by atoms with E-state index in [1.807, 2.05) is 12.4 Å². The number of nitrogens with one attached hydrogen (secondary N) is 1. The Bertz CT molecular complexity index is 439. The summed E-state index contributed by atoms with van der Waals surface area (Å²) in [6.07, 6.45) is 8.48. The number of thiophene rings is 1. The lowest BCUT2D eigenvalue weighted by molar-refractivity contribution is 0.464. The SMILES string of the molecule is CCNC(CCc1ccncc1)CCc1ccsc1. The fourth-order valence-corrected chi connectivity index (χ4v) is 3.01. The Morgan fingerprint density at radius 2 is 1.84 bits per heavy atom. The molecule has 2 rings (SSSR count). The lowest BCUT2D eigenvalue weighted by Crippen LogP contribution is -2.29. The summed E-state index contributed by atoms with van der Waals surface area (Å²) in [5, 5.41) is 8.02. The van der Waals surface area contributed by atoms with Gasteiger partial charge in [-0.3, -0.25) is 4.98 Å². The fourth-order valence-electron chi connectivity index (χ4n) is 2.30. The molecule has 0 fully saturated rings. The molecule has 0 radical (unpaired) electrons. The van der Waals surface area contributed by atoms with E-state index in [9.17, 15) is 0 Å². The highest BCUT2D eigenvalue weighted by atomic mass is 32.1. The molecule has 1 unspecified atom stereocenters. The van der Waals surface area contributed by atoms with Gasteiger partial charge < -0.3 is 5.32 Å². The van der Waals surface area contributed by atoms with Gasteiger partial charge in [0.05, 0.1) is 0 Å². The minimum absolute atomic E-state index is 0.609. The van der Waals surface area contributed by atoms with Crippen LogP contribution >= 0.6 is 11.3 Å². The second kappa shape index (κ2) is 8.08. The largest absolute Gasteiger partial charge is 0.314 e. The first-order valence-corrected chi connectivity index (χ1v) is 7.96. The topological polar surface area (TPSA) is 24.9 Å². The van der Waals surface area contributed by atoms with Crippen molar-refractivity contribution in [2.75, 3.05) is 6.54 Å². The van der Waals surface area contributed by atoms with E-state index in [0.29, 0.717) is 6.04 Å². The summed E-state index contributed by atoms with van der Waals surface area (Å²) in [5.74, 6) is 0. The summed E-state index contributed by atoms with van der Waals surface area (Å²) < 4.78 is 0. The number of aromatic nitrogens is 1. The Labute approximate surface area is 119 Å². The smallest absolute Gasteiger partial charge is 0.0270 e. The molecule has 2 heterocycles. The van der Waals surface area contributed by atoms with E-state index in [2.05, 4.69) is 46.2 Å². The van der Waals surface area contributed by atoms with E-state index in [1.54, 1.807) is 11.3 Å². The van der Waals surface area contributed by atoms with Gasteiger partial charge in [0, 0.05) is 18.4 Å². The number of rotatable bonds is 8. The van der Waals surface area contributed by atoms with Crippen molar-refractivity contribution >= 4 is 11.3 Å². The van der Waals surface area contributed by atoms with Crippen molar-refractivity contribution in [3.63, 3.8) is 0 Å². The van der Waals surface area contributed by atoms with Crippen LogP contribution in [0.25, 0.3) is 0 Å². The van der Waals surface area contributed by atoms with Crippen molar-refractivity contribution in [3.8, 4) is 0 Å². The summed E-state index contributed by atoms with van der Waals surface area (Å²) in [6.45, 7) is 3.23. The van der Waals surface area contributed by atoms with Crippen LogP contribution in [0.3, 0.4) is 0 Å². The van der Waals surface area contributed by atoms with Crippen LogP contribution in [-0.4, -0.2) is 17.6 Å². The molecule has 1 N–H and O–H groups in total. The molecule has 1 atom stereocenters. The molecular formula is C16H22N2S. The minimum atomic E-state index is 0.609. The molecule has 0 amide bonds. The van der Waals surface area contributed by atoms with Gasteiger partial charge in [-0.2, -0.15) is 11.3 Å². The lowest BCUT2D eigenvalue weighted by Gasteiger charge is -2.17. The van der Waals surface area contributed by atoms with E-state index in [1.165, 1.54) is 30.4 Å². The molecule has 2 nitrogen and oxygen atoms in total. The van der Waals surface area contributed by atoms with Gasteiger partial charge in [0.2, 0.25) is 0 Å². The van der Waals surface area contributed by atoms with Gasteiger partial charge in [-0.25, -0.2) is 0 Å². The van der Waals surface area contributed by atoms with E-state index in [4.69, 9.17) is 0 Å². The normalized spacial score (nSPS) is 12.5. The average molecular weight is 274 g/mol. The van der Waals surface area contributed by atoms with E-state index < -0.39 is 0 Å². The fraction of sp³-hybridized carbons (Fsp3) is 0.438. The van der Waals surface area contributed by atoms with Gasteiger partial charge in [0.1, 0.15) is 0 Å². The average Bonchev–Trinajstić information content (AvgIpc) is 2.96. The molecule has 0 aliphatic heterocycles. The molecule has 2 aromatic heterocycles. The van der Waals surface area contributed by atoms with Crippen LogP contribution in [0.4, 0.5) is 0 Å². The maximum Gasteiger partial charge on any atom is 0.0270 e. The monoisotopic (exact) mass is 274 g/mol. The zero-order valence-electron chi connectivity index (χ0n) is 11.5. The van der Waals surface area contributed by atoms with Gasteiger partial charge in [-0.05, 0) is 72.3 Å². The molecule has 0 aliphatic rings. The number of hydrogen-bond acceptors (Lipinski definition) is 3. The van der Waals surface area contributed by atoms with Crippen molar-refractivity contribution in [1.82, 2.24) is 10.3 Å². The molecule has 0 bridgehead atoms. The van der Waals surface area contributed by atoms with E-state index in [0.717, 1.165) is 13.0 Å². The third-order valence-electron chi connectivity index (χ3n) is 3.39. The first-order valence-electron chi connectivity index (χ1n) is 7.02. The molecule has 3 heteroatoms. The molecule has 19 heavy (non-hydrogen) atoms. The molecule has 0 saturated carbocycles. The molecule has 0 aromatic carbocycles. The maximum atomic E-state index is 4.06.